The fourth-order valence-electron chi connectivity index (χ4n) is 6.59. The number of nitrogens with zero attached hydrogens (tertiary/aromatic N) is 4. The number of benzene rings is 3. The molecule has 12 nitrogen and oxygen atoms in total. The summed E-state index contributed by atoms with van der Waals surface area (Å²) >= 11 is 0. The number of imidazole rings is 1. The Balaban J connectivity index is 1.44. The third kappa shape index (κ3) is 4.74. The van der Waals surface area contributed by atoms with Gasteiger partial charge in [-0.2, -0.15) is 4.98 Å². The summed E-state index contributed by atoms with van der Waals surface area (Å²) in [6.07, 6.45) is -2.61. The fraction of sp³-hybridized carbons (Fsp3) is 0.303. The van der Waals surface area contributed by atoms with E-state index in [2.05, 4.69) is 15.3 Å². The van der Waals surface area contributed by atoms with Crippen LogP contribution >= 0.6 is 0 Å². The summed E-state index contributed by atoms with van der Waals surface area (Å²) in [6.45, 7) is 0.910. The van der Waals surface area contributed by atoms with Crippen molar-refractivity contribution in [1.29, 1.82) is 0 Å². The number of rotatable bonds is 8. The van der Waals surface area contributed by atoms with Gasteiger partial charge in [-0.25, -0.2) is 4.98 Å². The van der Waals surface area contributed by atoms with Crippen LogP contribution in [0.15, 0.2) is 102 Å². The van der Waals surface area contributed by atoms with Gasteiger partial charge in [0.2, 0.25) is 11.8 Å². The number of hydrogen-bond donors (Lipinski definition) is 5. The van der Waals surface area contributed by atoms with Gasteiger partial charge < -0.3 is 30.1 Å². The summed E-state index contributed by atoms with van der Waals surface area (Å²) in [7, 11) is 0. The molecule has 0 unspecified atom stereocenters. The zero-order valence-corrected chi connectivity index (χ0v) is 24.4. The maximum Gasteiger partial charge on any atom is 0.280 e. The molecule has 0 spiro atoms. The molecule has 0 bridgehead atoms. The Hall–Kier alpha value is -4.43. The highest BCUT2D eigenvalue weighted by Crippen LogP contribution is 2.42. The molecule has 7 rings (SSSR count). The van der Waals surface area contributed by atoms with Crippen LogP contribution in [0, 0.1) is 0 Å². The van der Waals surface area contributed by atoms with E-state index in [1.807, 2.05) is 95.9 Å². The third-order valence-corrected chi connectivity index (χ3v) is 8.74. The van der Waals surface area contributed by atoms with Crippen LogP contribution in [-0.4, -0.2) is 91.0 Å². The number of aromatic amines is 1. The van der Waals surface area contributed by atoms with Crippen LogP contribution in [0.5, 0.6) is 0 Å². The molecule has 0 radical (unpaired) electrons. The Bertz CT molecular complexity index is 1720. The molecule has 12 heteroatoms. The predicted molar refractivity (Wildman–Crippen MR) is 165 cm³/mol. The van der Waals surface area contributed by atoms with E-state index in [1.54, 1.807) is 0 Å². The average molecular weight is 611 g/mol. The van der Waals surface area contributed by atoms with Crippen molar-refractivity contribution in [3.8, 4) is 0 Å². The number of hydrogen-bond acceptors (Lipinski definition) is 10. The predicted octanol–water partition coefficient (Wildman–Crippen LogP) is 1.58. The Labute approximate surface area is 258 Å². The lowest BCUT2D eigenvalue weighted by molar-refractivity contribution is -0.254. The first kappa shape index (κ1) is 29.3. The van der Waals surface area contributed by atoms with Crippen molar-refractivity contribution in [1.82, 2.24) is 24.4 Å². The van der Waals surface area contributed by atoms with E-state index in [1.165, 1.54) is 10.9 Å². The van der Waals surface area contributed by atoms with Crippen LogP contribution in [0.4, 0.5) is 5.95 Å². The lowest BCUT2D eigenvalue weighted by Gasteiger charge is -2.44. The minimum absolute atomic E-state index is 0.0238. The summed E-state index contributed by atoms with van der Waals surface area (Å²) in [6, 6.07) is 29.7. The summed E-state index contributed by atoms with van der Waals surface area (Å²) in [5, 5.41) is 36.0. The van der Waals surface area contributed by atoms with Crippen LogP contribution in [0.1, 0.15) is 16.7 Å². The molecular weight excluding hydrogens is 576 g/mol. The van der Waals surface area contributed by atoms with Crippen LogP contribution in [0.3, 0.4) is 0 Å². The highest BCUT2D eigenvalue weighted by Gasteiger charge is 2.59. The van der Waals surface area contributed by atoms with Crippen molar-refractivity contribution >= 4 is 17.1 Å². The zero-order chi connectivity index (χ0) is 31.0. The average Bonchev–Trinajstić information content (AvgIpc) is 3.64. The number of ether oxygens (including phenoxy) is 2. The second kappa shape index (κ2) is 11.8. The minimum atomic E-state index is -1.71. The van der Waals surface area contributed by atoms with Gasteiger partial charge in [-0.1, -0.05) is 91.0 Å². The van der Waals surface area contributed by atoms with E-state index in [4.69, 9.17) is 14.5 Å². The van der Waals surface area contributed by atoms with Gasteiger partial charge in [-0.15, -0.1) is 0 Å². The molecule has 5 aromatic rings. The van der Waals surface area contributed by atoms with Crippen molar-refractivity contribution in [3.05, 3.63) is 124 Å². The van der Waals surface area contributed by atoms with E-state index in [9.17, 15) is 20.1 Å². The van der Waals surface area contributed by atoms with E-state index < -0.39 is 41.9 Å². The Morgan fingerprint density at radius 2 is 1.47 bits per heavy atom. The molecule has 2 fully saturated rings. The fourth-order valence-corrected chi connectivity index (χ4v) is 6.59. The lowest BCUT2D eigenvalue weighted by atomic mass is 9.77. The SMILES string of the molecule is O=c1[nH]c(NC(c2ccccc2)(c2ccccc2)c2ccccc2)nc2c1ncn2[C@]1(N2CCOCC2)O[C@H](CO)[C@@H](O)[C@H]1O. The van der Waals surface area contributed by atoms with Crippen LogP contribution in [0.2, 0.25) is 0 Å². The topological polar surface area (TPSA) is 158 Å². The van der Waals surface area contributed by atoms with Gasteiger partial charge >= 0.3 is 0 Å². The monoisotopic (exact) mass is 610 g/mol. The molecule has 232 valence electrons. The second-order valence-corrected chi connectivity index (χ2v) is 11.2. The number of morpholine rings is 1. The third-order valence-electron chi connectivity index (χ3n) is 8.74. The van der Waals surface area contributed by atoms with Crippen LogP contribution in [-0.2, 0) is 20.9 Å². The molecule has 2 aliphatic rings. The molecule has 4 atom stereocenters. The van der Waals surface area contributed by atoms with E-state index in [-0.39, 0.29) is 17.1 Å². The molecule has 0 saturated carbocycles. The highest BCUT2D eigenvalue weighted by atomic mass is 16.6. The van der Waals surface area contributed by atoms with Gasteiger partial charge in [0.15, 0.2) is 11.2 Å². The molecule has 0 amide bonds. The van der Waals surface area contributed by atoms with E-state index in [0.29, 0.717) is 26.3 Å². The van der Waals surface area contributed by atoms with Crippen LogP contribution < -0.4 is 10.9 Å². The van der Waals surface area contributed by atoms with Crippen LogP contribution in [0.25, 0.3) is 11.2 Å². The molecule has 0 aliphatic carbocycles. The van der Waals surface area contributed by atoms with Gasteiger partial charge in [0.1, 0.15) is 30.2 Å². The summed E-state index contributed by atoms with van der Waals surface area (Å²) in [5.74, 6) is -1.56. The first-order valence-corrected chi connectivity index (χ1v) is 14.9. The normalized spacial score (nSPS) is 24.2. The van der Waals surface area contributed by atoms with Gasteiger partial charge in [0.05, 0.1) is 19.8 Å². The van der Waals surface area contributed by atoms with Crippen molar-refractivity contribution in [3.63, 3.8) is 0 Å². The zero-order valence-electron chi connectivity index (χ0n) is 24.4. The second-order valence-electron chi connectivity index (χ2n) is 11.2. The molecule has 2 aliphatic heterocycles. The van der Waals surface area contributed by atoms with E-state index >= 15 is 0 Å². The Morgan fingerprint density at radius 1 is 0.911 bits per heavy atom. The molecular formula is C33H34N6O6. The number of nitrogens with one attached hydrogen (secondary N) is 2. The first-order valence-electron chi connectivity index (χ1n) is 14.9. The maximum atomic E-state index is 13.6. The largest absolute Gasteiger partial charge is 0.394 e. The Kier molecular flexibility index (Phi) is 7.69. The van der Waals surface area contributed by atoms with Gasteiger partial charge in [0, 0.05) is 13.1 Å². The van der Waals surface area contributed by atoms with Crippen molar-refractivity contribution < 1.29 is 24.8 Å². The number of aromatic nitrogens is 4. The summed E-state index contributed by atoms with van der Waals surface area (Å²) in [5.41, 5.74) is 1.39. The minimum Gasteiger partial charge on any atom is -0.394 e. The summed E-state index contributed by atoms with van der Waals surface area (Å²) in [4.78, 5) is 27.6. The number of aliphatic hydroxyl groups is 3. The first-order chi connectivity index (χ1) is 22.0. The molecule has 5 N–H and O–H groups in total. The number of fused-ring (bicyclic) bond motifs is 1. The molecule has 2 saturated heterocycles. The summed E-state index contributed by atoms with van der Waals surface area (Å²) < 4.78 is 13.3. The van der Waals surface area contributed by atoms with Crippen molar-refractivity contribution in [2.45, 2.75) is 29.7 Å². The molecule has 45 heavy (non-hydrogen) atoms. The molecule has 2 aromatic heterocycles. The van der Waals surface area contributed by atoms with Crippen molar-refractivity contribution in [2.75, 3.05) is 38.2 Å². The van der Waals surface area contributed by atoms with Crippen molar-refractivity contribution in [2.24, 2.45) is 0 Å². The maximum absolute atomic E-state index is 13.6. The standard InChI is InChI=1S/C33H34N6O6/c40-20-25-27(41)28(42)33(45-25,38-16-18-44-19-17-38)39-21-34-26-29(39)35-31(36-30(26)43)37-32(22-10-4-1-5-11-22,23-12-6-2-7-13-23)24-14-8-3-9-15-24/h1-15,21,25,27-28,40-42H,16-20H2,(H2,35,36,37,43)/t25-,27-,28-,33+/m1/s1. The Morgan fingerprint density at radius 3 is 1.98 bits per heavy atom. The van der Waals surface area contributed by atoms with E-state index in [0.717, 1.165) is 16.7 Å². The molecule has 3 aromatic carbocycles. The quantitative estimate of drug-likeness (QED) is 0.163. The molecule has 4 heterocycles. The lowest BCUT2D eigenvalue weighted by Crippen LogP contribution is -2.61. The number of anilines is 1. The van der Waals surface area contributed by atoms with Gasteiger partial charge in [-0.3, -0.25) is 19.2 Å². The number of H-pyrrole nitrogens is 1. The highest BCUT2D eigenvalue weighted by molar-refractivity contribution is 5.72. The van der Waals surface area contributed by atoms with Gasteiger partial charge in [-0.05, 0) is 16.7 Å². The van der Waals surface area contributed by atoms with Gasteiger partial charge in [0.25, 0.3) is 5.56 Å². The smallest absolute Gasteiger partial charge is 0.280 e. The number of aliphatic hydroxyl groups excluding tert-OH is 3.